The first-order valence-corrected chi connectivity index (χ1v) is 11.9. The molecular weight excluding hydrogens is 372 g/mol. The number of carbonyl (C=O) groups is 2. The van der Waals surface area contributed by atoms with E-state index in [-0.39, 0.29) is 22.6 Å². The summed E-state index contributed by atoms with van der Waals surface area (Å²) in [5.74, 6) is 0.112. The number of rotatable bonds is 9. The number of carbonyl (C=O) groups excluding carboxylic acids is 2. The molecule has 2 bridgehead atoms. The summed E-state index contributed by atoms with van der Waals surface area (Å²) in [6, 6.07) is 9.88. The highest BCUT2D eigenvalue weighted by molar-refractivity contribution is 5.88. The average molecular weight is 413 g/mol. The monoisotopic (exact) mass is 412 g/mol. The molecule has 4 nitrogen and oxygen atoms in total. The van der Waals surface area contributed by atoms with Crippen LogP contribution in [0.25, 0.3) is 0 Å². The molecule has 2 aliphatic rings. The normalized spacial score (nSPS) is 25.7. The van der Waals surface area contributed by atoms with E-state index in [0.29, 0.717) is 18.9 Å². The predicted octanol–water partition coefficient (Wildman–Crippen LogP) is 5.11. The van der Waals surface area contributed by atoms with Crippen molar-refractivity contribution in [2.45, 2.75) is 97.6 Å². The standard InChI is InChI=1S/C26H40N2O2/c1-5-6-7-11-14-23(29)27-22(15-20-12-9-8-10-13-20)24(30)28-19-26(4)17-21(28)16-25(2,3)18-26/h8-10,12-13,21-22H,5-7,11,14-19H2,1-4H3,(H,27,29). The van der Waals surface area contributed by atoms with Gasteiger partial charge in [-0.3, -0.25) is 9.59 Å². The van der Waals surface area contributed by atoms with Crippen LogP contribution in [0.1, 0.15) is 84.6 Å². The fraction of sp³-hybridized carbons (Fsp3) is 0.692. The first-order chi connectivity index (χ1) is 14.2. The van der Waals surface area contributed by atoms with Gasteiger partial charge < -0.3 is 10.2 Å². The number of unbranched alkanes of at least 4 members (excludes halogenated alkanes) is 3. The van der Waals surface area contributed by atoms with Crippen LogP contribution in [0.2, 0.25) is 0 Å². The fourth-order valence-electron chi connectivity index (χ4n) is 5.95. The van der Waals surface area contributed by atoms with E-state index in [1.54, 1.807) is 0 Å². The molecule has 1 saturated carbocycles. The second kappa shape index (κ2) is 9.53. The summed E-state index contributed by atoms with van der Waals surface area (Å²) < 4.78 is 0. The van der Waals surface area contributed by atoms with Crippen LogP contribution in [-0.2, 0) is 16.0 Å². The summed E-state index contributed by atoms with van der Waals surface area (Å²) in [5, 5.41) is 3.10. The molecule has 2 amide bonds. The van der Waals surface area contributed by atoms with Gasteiger partial charge in [0.25, 0.3) is 0 Å². The molecule has 30 heavy (non-hydrogen) atoms. The maximum absolute atomic E-state index is 13.7. The highest BCUT2D eigenvalue weighted by Gasteiger charge is 2.51. The van der Waals surface area contributed by atoms with E-state index in [0.717, 1.165) is 57.1 Å². The van der Waals surface area contributed by atoms with Crippen molar-refractivity contribution < 1.29 is 9.59 Å². The van der Waals surface area contributed by atoms with Crippen molar-refractivity contribution in [1.29, 1.82) is 0 Å². The Labute approximate surface area is 182 Å². The molecule has 1 N–H and O–H groups in total. The molecule has 3 rings (SSSR count). The number of benzene rings is 1. The van der Waals surface area contributed by atoms with E-state index < -0.39 is 6.04 Å². The van der Waals surface area contributed by atoms with Gasteiger partial charge in [0.1, 0.15) is 6.04 Å². The highest BCUT2D eigenvalue weighted by Crippen LogP contribution is 2.52. The van der Waals surface area contributed by atoms with Crippen molar-refractivity contribution in [2.75, 3.05) is 6.54 Å². The SMILES string of the molecule is CCCCCCC(=O)NC(Cc1ccccc1)C(=O)N1CC2(C)CC1CC(C)(C)C2. The van der Waals surface area contributed by atoms with Crippen molar-refractivity contribution in [3.63, 3.8) is 0 Å². The van der Waals surface area contributed by atoms with Crippen LogP contribution in [0.15, 0.2) is 30.3 Å². The zero-order valence-electron chi connectivity index (χ0n) is 19.4. The second-order valence-corrected chi connectivity index (χ2v) is 10.8. The van der Waals surface area contributed by atoms with Gasteiger partial charge in [-0.1, -0.05) is 77.3 Å². The lowest BCUT2D eigenvalue weighted by molar-refractivity contribution is -0.137. The molecule has 0 radical (unpaired) electrons. The number of hydrogen-bond donors (Lipinski definition) is 1. The number of hydrogen-bond acceptors (Lipinski definition) is 2. The molecule has 2 fully saturated rings. The third kappa shape index (κ3) is 5.86. The minimum atomic E-state index is -0.475. The van der Waals surface area contributed by atoms with E-state index in [4.69, 9.17) is 0 Å². The summed E-state index contributed by atoms with van der Waals surface area (Å²) in [7, 11) is 0. The zero-order valence-corrected chi connectivity index (χ0v) is 19.4. The van der Waals surface area contributed by atoms with Crippen molar-refractivity contribution in [1.82, 2.24) is 10.2 Å². The van der Waals surface area contributed by atoms with Crippen LogP contribution in [0.5, 0.6) is 0 Å². The molecule has 1 aliphatic heterocycles. The Hall–Kier alpha value is -1.84. The summed E-state index contributed by atoms with van der Waals surface area (Å²) in [6.07, 6.45) is 8.64. The zero-order chi connectivity index (χ0) is 21.8. The summed E-state index contributed by atoms with van der Waals surface area (Å²) in [6.45, 7) is 9.96. The Bertz CT molecular complexity index is 730. The Morgan fingerprint density at radius 3 is 2.53 bits per heavy atom. The minimum absolute atomic E-state index is 0.00842. The van der Waals surface area contributed by atoms with Crippen molar-refractivity contribution in [3.05, 3.63) is 35.9 Å². The first kappa shape index (κ1) is 22.8. The average Bonchev–Trinajstić information content (AvgIpc) is 2.93. The van der Waals surface area contributed by atoms with E-state index in [1.807, 2.05) is 30.3 Å². The summed E-state index contributed by atoms with van der Waals surface area (Å²) in [4.78, 5) is 28.4. The molecule has 3 unspecified atom stereocenters. The number of nitrogens with one attached hydrogen (secondary N) is 1. The van der Waals surface area contributed by atoms with Crippen LogP contribution in [0.4, 0.5) is 0 Å². The van der Waals surface area contributed by atoms with Gasteiger partial charge in [-0.2, -0.15) is 0 Å². The van der Waals surface area contributed by atoms with Gasteiger partial charge in [0.15, 0.2) is 0 Å². The fourth-order valence-corrected chi connectivity index (χ4v) is 5.95. The van der Waals surface area contributed by atoms with Crippen LogP contribution in [0, 0.1) is 10.8 Å². The van der Waals surface area contributed by atoms with Crippen molar-refractivity contribution in [2.24, 2.45) is 10.8 Å². The van der Waals surface area contributed by atoms with E-state index in [9.17, 15) is 9.59 Å². The third-order valence-electron chi connectivity index (χ3n) is 6.87. The largest absolute Gasteiger partial charge is 0.344 e. The van der Waals surface area contributed by atoms with Gasteiger partial charge >= 0.3 is 0 Å². The van der Waals surface area contributed by atoms with Crippen LogP contribution < -0.4 is 5.32 Å². The lowest BCUT2D eigenvalue weighted by Gasteiger charge is -2.39. The molecule has 1 aromatic carbocycles. The van der Waals surface area contributed by atoms with Gasteiger partial charge in [0, 0.05) is 25.4 Å². The molecule has 1 saturated heterocycles. The van der Waals surface area contributed by atoms with Gasteiger partial charge in [-0.15, -0.1) is 0 Å². The summed E-state index contributed by atoms with van der Waals surface area (Å²) >= 11 is 0. The van der Waals surface area contributed by atoms with Crippen molar-refractivity contribution in [3.8, 4) is 0 Å². The smallest absolute Gasteiger partial charge is 0.245 e. The molecule has 166 valence electrons. The third-order valence-corrected chi connectivity index (χ3v) is 6.87. The highest BCUT2D eigenvalue weighted by atomic mass is 16.2. The van der Waals surface area contributed by atoms with Gasteiger partial charge in [-0.05, 0) is 42.1 Å². The van der Waals surface area contributed by atoms with Crippen LogP contribution in [0.3, 0.4) is 0 Å². The predicted molar refractivity (Wildman–Crippen MR) is 122 cm³/mol. The summed E-state index contributed by atoms with van der Waals surface area (Å²) in [5.41, 5.74) is 1.56. The lowest BCUT2D eigenvalue weighted by Crippen LogP contribution is -2.51. The Balaban J connectivity index is 1.71. The Morgan fingerprint density at radius 2 is 1.83 bits per heavy atom. The van der Waals surface area contributed by atoms with Gasteiger partial charge in [0.05, 0.1) is 0 Å². The van der Waals surface area contributed by atoms with Crippen molar-refractivity contribution >= 4 is 11.8 Å². The minimum Gasteiger partial charge on any atom is -0.344 e. The molecule has 0 aromatic heterocycles. The quantitative estimate of drug-likeness (QED) is 0.573. The second-order valence-electron chi connectivity index (χ2n) is 10.8. The molecule has 1 aromatic rings. The first-order valence-electron chi connectivity index (χ1n) is 11.9. The number of nitrogens with zero attached hydrogens (tertiary/aromatic N) is 1. The van der Waals surface area contributed by atoms with E-state index in [2.05, 4.69) is 37.9 Å². The molecule has 3 atom stereocenters. The van der Waals surface area contributed by atoms with E-state index >= 15 is 0 Å². The molecule has 1 heterocycles. The maximum atomic E-state index is 13.7. The lowest BCUT2D eigenvalue weighted by atomic mass is 9.65. The van der Waals surface area contributed by atoms with Crippen LogP contribution >= 0.6 is 0 Å². The molecule has 0 spiro atoms. The molecule has 4 heteroatoms. The maximum Gasteiger partial charge on any atom is 0.245 e. The topological polar surface area (TPSA) is 49.4 Å². The van der Waals surface area contributed by atoms with Gasteiger partial charge in [-0.25, -0.2) is 0 Å². The van der Waals surface area contributed by atoms with E-state index in [1.165, 1.54) is 0 Å². The Kier molecular flexibility index (Phi) is 7.26. The number of amides is 2. The number of likely N-dealkylation sites (tertiary alicyclic amines) is 1. The van der Waals surface area contributed by atoms with Crippen LogP contribution in [-0.4, -0.2) is 35.3 Å². The molecule has 1 aliphatic carbocycles. The molecular formula is C26H40N2O2. The number of fused-ring (bicyclic) bond motifs is 2. The van der Waals surface area contributed by atoms with Gasteiger partial charge in [0.2, 0.25) is 11.8 Å². The Morgan fingerprint density at radius 1 is 1.10 bits per heavy atom.